The largest absolute Gasteiger partial charge is 0.508 e. The molecule has 0 unspecified atom stereocenters. The molecule has 0 aromatic heterocycles. The van der Waals surface area contributed by atoms with Gasteiger partial charge in [0.25, 0.3) is 0 Å². The number of hydrogen-bond donors (Lipinski definition) is 10. The number of rotatable bonds is 21. The van der Waals surface area contributed by atoms with Gasteiger partial charge in [-0.15, -0.1) is 0 Å². The normalized spacial score (nSPS) is 23.6. The maximum atomic E-state index is 15.1. The molecule has 2 aromatic carbocycles. The number of likely N-dealkylation sites (N-methyl/N-ethyl adjacent to an activating group) is 1. The van der Waals surface area contributed by atoms with E-state index in [0.717, 1.165) is 35.5 Å². The molecule has 0 aliphatic carbocycles. The zero-order chi connectivity index (χ0) is 55.4. The van der Waals surface area contributed by atoms with Crippen LogP contribution in [0.15, 0.2) is 59.6 Å². The van der Waals surface area contributed by atoms with Gasteiger partial charge in [-0.3, -0.25) is 43.3 Å². The Bertz CT molecular complexity index is 2310. The van der Waals surface area contributed by atoms with Gasteiger partial charge < -0.3 is 67.9 Å². The van der Waals surface area contributed by atoms with Gasteiger partial charge >= 0.3 is 11.9 Å². The molecule has 412 valence electrons. The van der Waals surface area contributed by atoms with Crippen molar-refractivity contribution < 1.29 is 63.2 Å². The quantitative estimate of drug-likeness (QED) is 0.0355. The Labute approximate surface area is 437 Å². The van der Waals surface area contributed by atoms with E-state index < -0.39 is 127 Å². The number of carbonyl (C=O) groups excluding carboxylic acids is 8. The average Bonchev–Trinajstić information content (AvgIpc) is 3.36. The van der Waals surface area contributed by atoms with E-state index >= 15 is 4.79 Å². The molecule has 0 spiro atoms. The van der Waals surface area contributed by atoms with Crippen LogP contribution >= 0.6 is 0 Å². The van der Waals surface area contributed by atoms with Crippen molar-refractivity contribution in [1.82, 2.24) is 36.4 Å². The number of aliphatic carboxylic acids is 1. The number of nitrogens with zero attached hydrogens (tertiary/aromatic N) is 3. The number of aromatic hydroxyl groups is 1. The molecule has 75 heavy (non-hydrogen) atoms. The van der Waals surface area contributed by atoms with Crippen LogP contribution < -0.4 is 38.1 Å². The molecule has 4 rings (SSSR count). The summed E-state index contributed by atoms with van der Waals surface area (Å²) in [5, 5.41) is 44.3. The second kappa shape index (κ2) is 29.6. The maximum absolute atomic E-state index is 15.1. The molecule has 0 radical (unpaired) electrons. The molecule has 7 amide bonds. The zero-order valence-electron chi connectivity index (χ0n) is 43.5. The Morgan fingerprint density at radius 2 is 1.47 bits per heavy atom. The first-order valence-electron chi connectivity index (χ1n) is 25.7. The zero-order valence-corrected chi connectivity index (χ0v) is 43.5. The van der Waals surface area contributed by atoms with Gasteiger partial charge in [0.1, 0.15) is 60.4 Å². The van der Waals surface area contributed by atoms with Crippen LogP contribution in [-0.4, -0.2) is 153 Å². The lowest BCUT2D eigenvalue weighted by molar-refractivity contribution is -0.165. The summed E-state index contributed by atoms with van der Waals surface area (Å²) < 4.78 is 5.89. The fourth-order valence-electron chi connectivity index (χ4n) is 8.91. The molecule has 23 nitrogen and oxygen atoms in total. The number of aliphatic hydroxyl groups is 1. The predicted molar refractivity (Wildman–Crippen MR) is 275 cm³/mol. The molecule has 2 saturated heterocycles. The van der Waals surface area contributed by atoms with Crippen molar-refractivity contribution in [3.8, 4) is 5.75 Å². The second-order valence-electron chi connectivity index (χ2n) is 19.5. The number of carbonyl (C=O) groups is 9. The van der Waals surface area contributed by atoms with E-state index in [-0.39, 0.29) is 63.2 Å². The van der Waals surface area contributed by atoms with Gasteiger partial charge in [-0.05, 0) is 74.6 Å². The Morgan fingerprint density at radius 3 is 2.11 bits per heavy atom. The number of benzene rings is 2. The smallest absolute Gasteiger partial charge is 0.329 e. The Hall–Kier alpha value is -7.30. The molecule has 2 aliphatic heterocycles. The number of ether oxygens (including phenoxy) is 1. The number of esters is 1. The van der Waals surface area contributed by atoms with Crippen molar-refractivity contribution in [1.29, 1.82) is 0 Å². The summed E-state index contributed by atoms with van der Waals surface area (Å²) in [4.78, 5) is 133. The van der Waals surface area contributed by atoms with Crippen LogP contribution in [0.25, 0.3) is 0 Å². The molecule has 2 aliphatic rings. The minimum Gasteiger partial charge on any atom is -0.508 e. The second-order valence-corrected chi connectivity index (χ2v) is 19.5. The van der Waals surface area contributed by atoms with Crippen molar-refractivity contribution in [2.75, 3.05) is 13.6 Å². The highest BCUT2D eigenvalue weighted by Gasteiger charge is 2.46. The highest BCUT2D eigenvalue weighted by atomic mass is 16.5. The fourth-order valence-corrected chi connectivity index (χ4v) is 8.91. The van der Waals surface area contributed by atoms with Crippen LogP contribution in [0, 0.1) is 5.92 Å². The lowest BCUT2D eigenvalue weighted by Gasteiger charge is -2.43. The van der Waals surface area contributed by atoms with Crippen LogP contribution in [0.1, 0.15) is 116 Å². The first-order chi connectivity index (χ1) is 35.6. The predicted octanol–water partition coefficient (Wildman–Crippen LogP) is 0.618. The Balaban J connectivity index is 1.86. The number of phenols is 1. The fraction of sp³-hybridized carbons (Fsp3) is 0.577. The molecule has 2 heterocycles. The summed E-state index contributed by atoms with van der Waals surface area (Å²) >= 11 is 0. The number of piperidine rings is 1. The molecule has 2 bridgehead atoms. The van der Waals surface area contributed by atoms with Crippen LogP contribution in [-0.2, 0) is 60.7 Å². The van der Waals surface area contributed by atoms with E-state index in [9.17, 15) is 53.7 Å². The summed E-state index contributed by atoms with van der Waals surface area (Å²) in [6.45, 7) is 6.51. The molecule has 12 N–H and O–H groups in total. The van der Waals surface area contributed by atoms with Gasteiger partial charge in [0, 0.05) is 39.3 Å². The number of amides is 7. The number of carboxylic acids is 1. The van der Waals surface area contributed by atoms with Crippen LogP contribution in [0.4, 0.5) is 0 Å². The number of phenolic OH excluding ortho intramolecular Hbond substituents is 1. The van der Waals surface area contributed by atoms with Crippen LogP contribution in [0.5, 0.6) is 5.75 Å². The standard InChI is InChI=1S/C52H76N10O13/c1-6-7-8-9-13-18-40(64)56-36(24-26-42(66)67)46(69)60-44-31(4)75-51(74)43(30(2)3)59-47(70)38(28-33-19-21-34(63)22-20-33)61(5)50(73)39(29-32-15-11-10-12-16-32)62-41(65)25-23-37(49(62)72)58-45(68)35(57-48(44)71)17-14-27-55-52(53)54/h10-12,15-16,19-22,30-31,35-39,41,43-44,63,65H,6-9,13-14,17-18,23-29H2,1-5H3,(H,56,64)(H,57,71)(H,58,68)(H,59,70)(H,60,69)(H,66,67)(H4,53,54,55)/t31-,35+,36+,37+,38+,39+,41-,43+,44+/m1/s1. The number of fused-ring (bicyclic) bond motifs is 2. The molecule has 2 fully saturated rings. The van der Waals surface area contributed by atoms with E-state index in [1.165, 1.54) is 38.2 Å². The maximum Gasteiger partial charge on any atom is 0.329 e. The topological polar surface area (TPSA) is 355 Å². The number of cyclic esters (lactones) is 1. The van der Waals surface area contributed by atoms with E-state index in [2.05, 4.69) is 31.6 Å². The summed E-state index contributed by atoms with van der Waals surface area (Å²) in [6.07, 6.45) is -0.559. The molecule has 0 saturated carbocycles. The number of hydrogen-bond acceptors (Lipinski definition) is 13. The minimum atomic E-state index is -1.84. The number of nitrogens with one attached hydrogen (secondary N) is 5. The van der Waals surface area contributed by atoms with Crippen molar-refractivity contribution in [2.24, 2.45) is 22.4 Å². The summed E-state index contributed by atoms with van der Waals surface area (Å²) in [5.74, 6) is -9.37. The average molecular weight is 1050 g/mol. The first-order valence-corrected chi connectivity index (χ1v) is 25.7. The van der Waals surface area contributed by atoms with Crippen molar-refractivity contribution in [2.45, 2.75) is 172 Å². The minimum absolute atomic E-state index is 0.00506. The SMILES string of the molecule is CCCCCCCC(=O)N[C@@H](CCC(=O)O)C(=O)N[C@@H]1C(=O)N[C@@H](CCCN=C(N)N)C(=O)N[C@H]2CC[C@@H](O)N(C2=O)[C@@H](Cc2ccccc2)C(=O)N(C)[C@@H](Cc2ccc(O)cc2)C(=O)N[C@@H](C(C)C)C(=O)O[C@@H]1C. The lowest BCUT2D eigenvalue weighted by Crippen LogP contribution is -2.65. The third kappa shape index (κ3) is 18.5. The van der Waals surface area contributed by atoms with E-state index in [1.54, 1.807) is 44.2 Å². The summed E-state index contributed by atoms with van der Waals surface area (Å²) in [6, 6.07) is 3.99. The Kier molecular flexibility index (Phi) is 23.7. The van der Waals surface area contributed by atoms with Crippen molar-refractivity contribution in [3.05, 3.63) is 65.7 Å². The van der Waals surface area contributed by atoms with Crippen LogP contribution in [0.2, 0.25) is 0 Å². The van der Waals surface area contributed by atoms with Gasteiger partial charge in [0.15, 0.2) is 5.96 Å². The van der Waals surface area contributed by atoms with E-state index in [0.29, 0.717) is 17.5 Å². The molecule has 23 heteroatoms. The van der Waals surface area contributed by atoms with Gasteiger partial charge in [-0.25, -0.2) is 4.79 Å². The number of carboxylic acid groups (broad SMARTS) is 1. The van der Waals surface area contributed by atoms with Crippen molar-refractivity contribution >= 4 is 59.2 Å². The molecule has 9 atom stereocenters. The number of aliphatic imine (C=N–C) groups is 1. The monoisotopic (exact) mass is 1050 g/mol. The highest BCUT2D eigenvalue weighted by molar-refractivity contribution is 5.98. The Morgan fingerprint density at radius 1 is 0.813 bits per heavy atom. The number of nitrogens with two attached hydrogens (primary N) is 2. The lowest BCUT2D eigenvalue weighted by atomic mass is 9.95. The summed E-state index contributed by atoms with van der Waals surface area (Å²) in [7, 11) is 1.34. The third-order valence-electron chi connectivity index (χ3n) is 13.2. The molecular formula is C52H76N10O13. The van der Waals surface area contributed by atoms with E-state index in [4.69, 9.17) is 16.2 Å². The third-order valence-corrected chi connectivity index (χ3v) is 13.2. The number of guanidine groups is 1. The molecule has 2 aromatic rings. The number of aliphatic hydroxyl groups excluding tert-OH is 1. The van der Waals surface area contributed by atoms with Crippen LogP contribution in [0.3, 0.4) is 0 Å². The summed E-state index contributed by atoms with van der Waals surface area (Å²) in [5.41, 5.74) is 12.2. The van der Waals surface area contributed by atoms with Gasteiger partial charge in [-0.1, -0.05) is 88.9 Å². The molecular weight excluding hydrogens is 973 g/mol. The van der Waals surface area contributed by atoms with Crippen molar-refractivity contribution in [3.63, 3.8) is 0 Å². The van der Waals surface area contributed by atoms with E-state index in [1.807, 2.05) is 6.92 Å². The first kappa shape index (κ1) is 60.3. The number of unbranched alkanes of at least 4 members (excludes halogenated alkanes) is 4. The van der Waals surface area contributed by atoms with Gasteiger partial charge in [0.2, 0.25) is 41.4 Å². The van der Waals surface area contributed by atoms with Gasteiger partial charge in [-0.2, -0.15) is 0 Å². The van der Waals surface area contributed by atoms with Gasteiger partial charge in [0.05, 0.1) is 0 Å². The highest BCUT2D eigenvalue weighted by Crippen LogP contribution is 2.26.